The molecule has 0 fully saturated rings. The minimum atomic E-state index is -3.97. The highest BCUT2D eigenvalue weighted by molar-refractivity contribution is 7.87. The molecule has 0 aliphatic carbocycles. The summed E-state index contributed by atoms with van der Waals surface area (Å²) in [6.07, 6.45) is 0. The molecule has 0 amide bonds. The van der Waals surface area contributed by atoms with E-state index in [-0.39, 0.29) is 5.69 Å². The third kappa shape index (κ3) is 2.13. The Labute approximate surface area is 116 Å². The van der Waals surface area contributed by atoms with E-state index in [4.69, 9.17) is 5.26 Å². The number of hydrogen-bond donors (Lipinski definition) is 1. The highest BCUT2D eigenvalue weighted by Gasteiger charge is 2.28. The molecule has 20 heavy (non-hydrogen) atoms. The molecule has 1 N–H and O–H groups in total. The Kier molecular flexibility index (Phi) is 3.48. The fourth-order valence-corrected chi connectivity index (χ4v) is 2.74. The van der Waals surface area contributed by atoms with Gasteiger partial charge in [0.25, 0.3) is 0 Å². The summed E-state index contributed by atoms with van der Waals surface area (Å²) in [7, 11) is -1.30. The number of benzene rings is 1. The van der Waals surface area contributed by atoms with Gasteiger partial charge >= 0.3 is 10.2 Å². The molecule has 8 heteroatoms. The van der Waals surface area contributed by atoms with Crippen molar-refractivity contribution in [1.82, 2.24) is 13.3 Å². The van der Waals surface area contributed by atoms with Gasteiger partial charge in [0.1, 0.15) is 11.8 Å². The highest BCUT2D eigenvalue weighted by atomic mass is 32.2. The Morgan fingerprint density at radius 3 is 2.40 bits per heavy atom. The monoisotopic (exact) mass is 292 g/mol. The summed E-state index contributed by atoms with van der Waals surface area (Å²) in [5.74, 6) is -0.895. The number of rotatable bonds is 3. The Morgan fingerprint density at radius 2 is 1.90 bits per heavy atom. The maximum atomic E-state index is 12.3. The first-order valence-corrected chi connectivity index (χ1v) is 6.99. The van der Waals surface area contributed by atoms with Gasteiger partial charge in [-0.05, 0) is 0 Å². The van der Waals surface area contributed by atoms with Crippen LogP contribution in [0, 0.1) is 11.3 Å². The second-order valence-corrected chi connectivity index (χ2v) is 6.13. The first-order valence-electron chi connectivity index (χ1n) is 5.60. The Balaban J connectivity index is 2.84. The third-order valence-electron chi connectivity index (χ3n) is 2.66. The van der Waals surface area contributed by atoms with E-state index in [0.717, 1.165) is 8.28 Å². The van der Waals surface area contributed by atoms with Gasteiger partial charge in [0.2, 0.25) is 11.7 Å². The van der Waals surface area contributed by atoms with Crippen LogP contribution in [0.3, 0.4) is 0 Å². The zero-order chi connectivity index (χ0) is 14.9. The lowest BCUT2D eigenvalue weighted by Crippen LogP contribution is -2.30. The molecule has 0 saturated heterocycles. The second-order valence-electron chi connectivity index (χ2n) is 4.14. The maximum Gasteiger partial charge on any atom is 0.309 e. The van der Waals surface area contributed by atoms with Crippen LogP contribution in [0.4, 0.5) is 0 Å². The highest BCUT2D eigenvalue weighted by Crippen LogP contribution is 2.31. The largest absolute Gasteiger partial charge is 0.492 e. The van der Waals surface area contributed by atoms with Crippen LogP contribution in [0.2, 0.25) is 0 Å². The Hall–Kier alpha value is -2.37. The molecule has 1 heterocycles. The standard InChI is InChI=1S/C12H12N4O3S/c1-15(2)20(18,19)16-10(8-13)14-12(17)11(16)9-6-4-3-5-7-9/h3-7,17H,1-2H3. The quantitative estimate of drug-likeness (QED) is 0.901. The van der Waals surface area contributed by atoms with Gasteiger partial charge in [0.15, 0.2) is 0 Å². The zero-order valence-electron chi connectivity index (χ0n) is 10.8. The van der Waals surface area contributed by atoms with E-state index in [2.05, 4.69) is 4.98 Å². The molecular weight excluding hydrogens is 280 g/mol. The van der Waals surface area contributed by atoms with Crippen LogP contribution in [-0.2, 0) is 10.2 Å². The summed E-state index contributed by atoms with van der Waals surface area (Å²) in [6.45, 7) is 0. The predicted molar refractivity (Wildman–Crippen MR) is 72.0 cm³/mol. The predicted octanol–water partition coefficient (Wildman–Crippen LogP) is 0.782. The van der Waals surface area contributed by atoms with Crippen molar-refractivity contribution in [3.05, 3.63) is 36.2 Å². The number of hydrogen-bond acceptors (Lipinski definition) is 5. The van der Waals surface area contributed by atoms with Crippen LogP contribution in [0.5, 0.6) is 5.88 Å². The van der Waals surface area contributed by atoms with Gasteiger partial charge in [-0.1, -0.05) is 30.3 Å². The van der Waals surface area contributed by atoms with E-state index >= 15 is 0 Å². The van der Waals surface area contributed by atoms with E-state index in [1.165, 1.54) is 14.1 Å². The van der Waals surface area contributed by atoms with Crippen molar-refractivity contribution in [1.29, 1.82) is 5.26 Å². The minimum Gasteiger partial charge on any atom is -0.492 e. The van der Waals surface area contributed by atoms with Crippen LogP contribution < -0.4 is 0 Å². The number of nitrogens with zero attached hydrogens (tertiary/aromatic N) is 4. The molecule has 0 aliphatic rings. The SMILES string of the molecule is CN(C)S(=O)(=O)n1c(C#N)nc(O)c1-c1ccccc1. The lowest BCUT2D eigenvalue weighted by Gasteiger charge is -2.15. The summed E-state index contributed by atoms with van der Waals surface area (Å²) in [5.41, 5.74) is 0.417. The molecule has 0 aliphatic heterocycles. The smallest absolute Gasteiger partial charge is 0.309 e. The third-order valence-corrected chi connectivity index (χ3v) is 4.40. The van der Waals surface area contributed by atoms with Crippen molar-refractivity contribution in [3.8, 4) is 23.2 Å². The molecule has 104 valence electrons. The number of aromatic hydroxyl groups is 1. The van der Waals surface area contributed by atoms with E-state index in [9.17, 15) is 13.5 Å². The van der Waals surface area contributed by atoms with E-state index in [0.29, 0.717) is 5.56 Å². The average Bonchev–Trinajstić information content (AvgIpc) is 2.77. The fraction of sp³-hybridized carbons (Fsp3) is 0.167. The molecule has 2 aromatic rings. The lowest BCUT2D eigenvalue weighted by atomic mass is 10.2. The molecule has 1 aromatic heterocycles. The molecule has 0 saturated carbocycles. The van der Waals surface area contributed by atoms with Crippen molar-refractivity contribution in [2.24, 2.45) is 0 Å². The summed E-state index contributed by atoms with van der Waals surface area (Å²) in [4.78, 5) is 3.61. The van der Waals surface area contributed by atoms with Gasteiger partial charge in [-0.15, -0.1) is 0 Å². The molecule has 0 bridgehead atoms. The maximum absolute atomic E-state index is 12.3. The first kappa shape index (κ1) is 14.0. The summed E-state index contributed by atoms with van der Waals surface area (Å²) in [6, 6.07) is 10.1. The van der Waals surface area contributed by atoms with Crippen LogP contribution in [0.25, 0.3) is 11.3 Å². The lowest BCUT2D eigenvalue weighted by molar-refractivity contribution is 0.457. The van der Waals surface area contributed by atoms with Gasteiger partial charge in [-0.2, -0.15) is 26.9 Å². The molecule has 1 aromatic carbocycles. The Bertz CT molecular complexity index is 773. The van der Waals surface area contributed by atoms with E-state index < -0.39 is 21.9 Å². The van der Waals surface area contributed by atoms with E-state index in [1.807, 2.05) is 0 Å². The van der Waals surface area contributed by atoms with Gasteiger partial charge < -0.3 is 5.11 Å². The van der Waals surface area contributed by atoms with Crippen LogP contribution >= 0.6 is 0 Å². The summed E-state index contributed by atoms with van der Waals surface area (Å²) in [5, 5.41) is 18.9. The fourth-order valence-electron chi connectivity index (χ4n) is 1.70. The van der Waals surface area contributed by atoms with Gasteiger partial charge in [-0.3, -0.25) is 0 Å². The van der Waals surface area contributed by atoms with Crippen molar-refractivity contribution in [2.75, 3.05) is 14.1 Å². The van der Waals surface area contributed by atoms with Crippen LogP contribution in [0.1, 0.15) is 5.82 Å². The molecule has 0 radical (unpaired) electrons. The Morgan fingerprint density at radius 1 is 1.30 bits per heavy atom. The minimum absolute atomic E-state index is 0.0316. The van der Waals surface area contributed by atoms with Crippen LogP contribution in [-0.4, -0.2) is 40.9 Å². The molecule has 0 spiro atoms. The van der Waals surface area contributed by atoms with Gasteiger partial charge in [0.05, 0.1) is 0 Å². The van der Waals surface area contributed by atoms with Crippen molar-refractivity contribution < 1.29 is 13.5 Å². The van der Waals surface area contributed by atoms with Crippen molar-refractivity contribution in [2.45, 2.75) is 0 Å². The molecule has 2 rings (SSSR count). The second kappa shape index (κ2) is 4.96. The topological polar surface area (TPSA) is 99.2 Å². The van der Waals surface area contributed by atoms with Crippen molar-refractivity contribution in [3.63, 3.8) is 0 Å². The van der Waals surface area contributed by atoms with Crippen LogP contribution in [0.15, 0.2) is 30.3 Å². The number of imidazole rings is 1. The summed E-state index contributed by atoms with van der Waals surface area (Å²) >= 11 is 0. The molecule has 7 nitrogen and oxygen atoms in total. The molecular formula is C12H12N4O3S. The van der Waals surface area contributed by atoms with E-state index in [1.54, 1.807) is 36.4 Å². The van der Waals surface area contributed by atoms with Gasteiger partial charge in [-0.25, -0.2) is 0 Å². The summed E-state index contributed by atoms with van der Waals surface area (Å²) < 4.78 is 26.3. The molecule has 0 atom stereocenters. The molecule has 0 unspecified atom stereocenters. The first-order chi connectivity index (χ1) is 9.39. The zero-order valence-corrected chi connectivity index (χ0v) is 11.7. The normalized spacial score (nSPS) is 11.5. The van der Waals surface area contributed by atoms with Gasteiger partial charge in [0, 0.05) is 19.7 Å². The average molecular weight is 292 g/mol. The number of aromatic nitrogens is 2. The van der Waals surface area contributed by atoms with Crippen molar-refractivity contribution >= 4 is 10.2 Å². The number of nitriles is 1.